The molecule has 1 aromatic carbocycles. The zero-order valence-electron chi connectivity index (χ0n) is 14.0. The molecule has 0 spiro atoms. The molecule has 0 fully saturated rings. The summed E-state index contributed by atoms with van der Waals surface area (Å²) in [7, 11) is 1.67. The minimum atomic E-state index is 0.639. The Labute approximate surface area is 135 Å². The first-order valence-corrected chi connectivity index (χ1v) is 7.78. The van der Waals surface area contributed by atoms with Gasteiger partial charge in [0.25, 0.3) is 0 Å². The summed E-state index contributed by atoms with van der Waals surface area (Å²) in [5.74, 6) is 3.27. The Hall–Kier alpha value is -2.56. The van der Waals surface area contributed by atoms with Gasteiger partial charge in [-0.3, -0.25) is 0 Å². The maximum atomic E-state index is 5.69. The first-order valence-electron chi connectivity index (χ1n) is 7.78. The number of hydrogen-bond donors (Lipinski definition) is 0. The van der Waals surface area contributed by atoms with E-state index >= 15 is 0 Å². The average Bonchev–Trinajstić information content (AvgIpc) is 2.92. The van der Waals surface area contributed by atoms with E-state index in [0.717, 1.165) is 41.4 Å². The minimum absolute atomic E-state index is 0.639. The quantitative estimate of drug-likeness (QED) is 0.699. The van der Waals surface area contributed by atoms with Gasteiger partial charge in [0.05, 0.1) is 12.5 Å². The molecule has 0 aliphatic carbocycles. The number of rotatable bonds is 5. The highest BCUT2D eigenvalue weighted by molar-refractivity contribution is 5.89. The number of fused-ring (bicyclic) bond motifs is 1. The van der Waals surface area contributed by atoms with Gasteiger partial charge in [0.2, 0.25) is 5.71 Å². The molecular weight excluding hydrogens is 290 g/mol. The summed E-state index contributed by atoms with van der Waals surface area (Å²) < 4.78 is 10.9. The summed E-state index contributed by atoms with van der Waals surface area (Å²) >= 11 is 0. The van der Waals surface area contributed by atoms with Gasteiger partial charge in [0, 0.05) is 12.2 Å². The number of hydrogen-bond acceptors (Lipinski definition) is 5. The van der Waals surface area contributed by atoms with Crippen molar-refractivity contribution >= 4 is 22.6 Å². The molecule has 0 bridgehead atoms. The molecule has 0 saturated heterocycles. The van der Waals surface area contributed by atoms with Crippen LogP contribution < -0.4 is 9.64 Å². The highest BCUT2D eigenvalue weighted by Gasteiger charge is 2.17. The second-order valence-corrected chi connectivity index (χ2v) is 5.52. The standard InChI is InChI=1S/C18H21N3O2/c1-5-10-21(14-6-8-15(22-4)9-7-14)17-16-11-12(2)23-18(16)20-13(3)19-17/h6-9,11H,5,10H2,1-4H3. The number of aromatic nitrogens is 2. The van der Waals surface area contributed by atoms with Crippen molar-refractivity contribution in [1.29, 1.82) is 0 Å². The van der Waals surface area contributed by atoms with Crippen molar-refractivity contribution in [3.05, 3.63) is 41.9 Å². The van der Waals surface area contributed by atoms with Crippen LogP contribution in [-0.4, -0.2) is 23.6 Å². The van der Waals surface area contributed by atoms with Gasteiger partial charge in [-0.05, 0) is 50.6 Å². The molecule has 5 heteroatoms. The zero-order chi connectivity index (χ0) is 16.4. The molecule has 0 amide bonds. The normalized spacial score (nSPS) is 11.0. The predicted molar refractivity (Wildman–Crippen MR) is 91.6 cm³/mol. The fourth-order valence-electron chi connectivity index (χ4n) is 2.68. The van der Waals surface area contributed by atoms with Gasteiger partial charge >= 0.3 is 0 Å². The largest absolute Gasteiger partial charge is 0.497 e. The molecule has 3 rings (SSSR count). The number of aryl methyl sites for hydroxylation is 2. The van der Waals surface area contributed by atoms with Crippen molar-refractivity contribution in [2.75, 3.05) is 18.6 Å². The molecule has 0 unspecified atom stereocenters. The molecule has 5 nitrogen and oxygen atoms in total. The monoisotopic (exact) mass is 311 g/mol. The van der Waals surface area contributed by atoms with Gasteiger partial charge in [-0.1, -0.05) is 6.92 Å². The Balaban J connectivity index is 2.13. The summed E-state index contributed by atoms with van der Waals surface area (Å²) in [6.45, 7) is 6.84. The molecule has 2 aromatic heterocycles. The molecule has 0 atom stereocenters. The lowest BCUT2D eigenvalue weighted by molar-refractivity contribution is 0.415. The van der Waals surface area contributed by atoms with Crippen molar-refractivity contribution in [3.8, 4) is 5.75 Å². The van der Waals surface area contributed by atoms with E-state index in [2.05, 4.69) is 21.8 Å². The molecule has 0 saturated carbocycles. The van der Waals surface area contributed by atoms with E-state index < -0.39 is 0 Å². The topological polar surface area (TPSA) is 51.4 Å². The molecule has 2 heterocycles. The van der Waals surface area contributed by atoms with Crippen molar-refractivity contribution < 1.29 is 9.15 Å². The molecule has 120 valence electrons. The highest BCUT2D eigenvalue weighted by atomic mass is 16.5. The summed E-state index contributed by atoms with van der Waals surface area (Å²) in [4.78, 5) is 11.3. The van der Waals surface area contributed by atoms with Crippen molar-refractivity contribution in [3.63, 3.8) is 0 Å². The Morgan fingerprint density at radius 3 is 2.52 bits per heavy atom. The van der Waals surface area contributed by atoms with Crippen LogP contribution in [0.3, 0.4) is 0 Å². The van der Waals surface area contributed by atoms with Crippen molar-refractivity contribution in [2.24, 2.45) is 0 Å². The van der Waals surface area contributed by atoms with Crippen LogP contribution in [0, 0.1) is 13.8 Å². The Morgan fingerprint density at radius 2 is 1.87 bits per heavy atom. The van der Waals surface area contributed by atoms with Crippen LogP contribution in [0.5, 0.6) is 5.75 Å². The fourth-order valence-corrected chi connectivity index (χ4v) is 2.68. The molecule has 0 aliphatic rings. The molecular formula is C18H21N3O2. The third-order valence-corrected chi connectivity index (χ3v) is 3.69. The number of benzene rings is 1. The van der Waals surface area contributed by atoms with Gasteiger partial charge in [-0.25, -0.2) is 4.98 Å². The van der Waals surface area contributed by atoms with Crippen LogP contribution in [0.4, 0.5) is 11.5 Å². The number of nitrogens with zero attached hydrogens (tertiary/aromatic N) is 3. The Morgan fingerprint density at radius 1 is 1.13 bits per heavy atom. The van der Waals surface area contributed by atoms with E-state index in [1.807, 2.05) is 44.2 Å². The van der Waals surface area contributed by atoms with Crippen LogP contribution >= 0.6 is 0 Å². The van der Waals surface area contributed by atoms with Crippen LogP contribution in [-0.2, 0) is 0 Å². The van der Waals surface area contributed by atoms with Gasteiger partial charge in [-0.2, -0.15) is 4.98 Å². The van der Waals surface area contributed by atoms with Crippen LogP contribution in [0.2, 0.25) is 0 Å². The lowest BCUT2D eigenvalue weighted by atomic mass is 10.2. The van der Waals surface area contributed by atoms with Gasteiger partial charge in [0.15, 0.2) is 0 Å². The number of anilines is 2. The summed E-state index contributed by atoms with van der Waals surface area (Å²) in [5.41, 5.74) is 1.71. The SMILES string of the molecule is CCCN(c1ccc(OC)cc1)c1nc(C)nc2oc(C)cc12. The fraction of sp³-hybridized carbons (Fsp3) is 0.333. The maximum Gasteiger partial charge on any atom is 0.231 e. The van der Waals surface area contributed by atoms with Crippen LogP contribution in [0.15, 0.2) is 34.7 Å². The second kappa shape index (κ2) is 6.28. The molecule has 0 aliphatic heterocycles. The van der Waals surface area contributed by atoms with Gasteiger partial charge in [0.1, 0.15) is 23.2 Å². The highest BCUT2D eigenvalue weighted by Crippen LogP contribution is 2.32. The average molecular weight is 311 g/mol. The smallest absolute Gasteiger partial charge is 0.231 e. The third kappa shape index (κ3) is 2.99. The molecule has 23 heavy (non-hydrogen) atoms. The third-order valence-electron chi connectivity index (χ3n) is 3.69. The van der Waals surface area contributed by atoms with E-state index in [9.17, 15) is 0 Å². The predicted octanol–water partition coefficient (Wildman–Crippen LogP) is 4.40. The van der Waals surface area contributed by atoms with E-state index in [1.165, 1.54) is 0 Å². The van der Waals surface area contributed by atoms with E-state index in [0.29, 0.717) is 11.5 Å². The van der Waals surface area contributed by atoms with E-state index in [1.54, 1.807) is 7.11 Å². The molecule has 0 radical (unpaired) electrons. The number of ether oxygens (including phenoxy) is 1. The second-order valence-electron chi connectivity index (χ2n) is 5.52. The number of methoxy groups -OCH3 is 1. The van der Waals surface area contributed by atoms with E-state index in [-0.39, 0.29) is 0 Å². The first-order chi connectivity index (χ1) is 11.1. The van der Waals surface area contributed by atoms with Gasteiger partial charge in [-0.15, -0.1) is 0 Å². The van der Waals surface area contributed by atoms with E-state index in [4.69, 9.17) is 9.15 Å². The maximum absolute atomic E-state index is 5.69. The number of furan rings is 1. The van der Waals surface area contributed by atoms with Gasteiger partial charge < -0.3 is 14.1 Å². The first kappa shape index (κ1) is 15.3. The van der Waals surface area contributed by atoms with Crippen molar-refractivity contribution in [1.82, 2.24) is 9.97 Å². The lowest BCUT2D eigenvalue weighted by Crippen LogP contribution is -2.19. The Kier molecular flexibility index (Phi) is 4.19. The summed E-state index contributed by atoms with van der Waals surface area (Å²) in [5, 5.41) is 0.942. The molecule has 3 aromatic rings. The minimum Gasteiger partial charge on any atom is -0.497 e. The summed E-state index contributed by atoms with van der Waals surface area (Å²) in [6.07, 6.45) is 1.01. The zero-order valence-corrected chi connectivity index (χ0v) is 14.0. The summed E-state index contributed by atoms with van der Waals surface area (Å²) in [6, 6.07) is 10.0. The Bertz CT molecular complexity index is 809. The molecule has 0 N–H and O–H groups in total. The lowest BCUT2D eigenvalue weighted by Gasteiger charge is -2.24. The van der Waals surface area contributed by atoms with Crippen LogP contribution in [0.25, 0.3) is 11.1 Å². The van der Waals surface area contributed by atoms with Crippen molar-refractivity contribution in [2.45, 2.75) is 27.2 Å². The van der Waals surface area contributed by atoms with Crippen LogP contribution in [0.1, 0.15) is 24.9 Å².